The molecule has 6 heteroatoms. The number of ether oxygens (including phenoxy) is 2. The Labute approximate surface area is 152 Å². The fourth-order valence-corrected chi connectivity index (χ4v) is 2.39. The largest absolute Gasteiger partial charge is 0.478 e. The molecule has 0 spiro atoms. The van der Waals surface area contributed by atoms with E-state index in [1.807, 2.05) is 0 Å². The van der Waals surface area contributed by atoms with Crippen LogP contribution in [0.4, 0.5) is 0 Å². The lowest BCUT2D eigenvalue weighted by Gasteiger charge is -2.29. The molecule has 0 aromatic heterocycles. The van der Waals surface area contributed by atoms with Gasteiger partial charge in [-0.15, -0.1) is 0 Å². The molecule has 0 heterocycles. The second kappa shape index (κ2) is 8.23. The maximum absolute atomic E-state index is 12.3. The van der Waals surface area contributed by atoms with Crippen molar-refractivity contribution < 1.29 is 19.4 Å². The summed E-state index contributed by atoms with van der Waals surface area (Å²) in [6, 6.07) is 14.1. The Bertz CT molecular complexity index is 698. The lowest BCUT2D eigenvalue weighted by molar-refractivity contribution is -0.144. The predicted octanol–water partition coefficient (Wildman–Crippen LogP) is 3.74. The molecule has 1 amide bonds. The Morgan fingerprint density at radius 3 is 2.04 bits per heavy atom. The average molecular weight is 364 g/mol. The second-order valence-electron chi connectivity index (χ2n) is 6.09. The van der Waals surface area contributed by atoms with E-state index in [1.165, 1.54) is 4.90 Å². The van der Waals surface area contributed by atoms with Crippen LogP contribution in [-0.4, -0.2) is 41.7 Å². The van der Waals surface area contributed by atoms with E-state index in [-0.39, 0.29) is 19.1 Å². The first-order valence-electron chi connectivity index (χ1n) is 7.91. The zero-order valence-corrected chi connectivity index (χ0v) is 15.3. The average Bonchev–Trinajstić information content (AvgIpc) is 2.58. The molecular formula is C19H22ClNO4. The summed E-state index contributed by atoms with van der Waals surface area (Å²) in [5.41, 5.74) is -1.04. The molecule has 0 aliphatic rings. The molecule has 25 heavy (non-hydrogen) atoms. The summed E-state index contributed by atoms with van der Waals surface area (Å²) in [7, 11) is 1.63. The highest BCUT2D eigenvalue weighted by molar-refractivity contribution is 6.30. The minimum Gasteiger partial charge on any atom is -0.478 e. The maximum Gasteiger partial charge on any atom is 0.265 e. The van der Waals surface area contributed by atoms with Crippen molar-refractivity contribution in [3.05, 3.63) is 53.6 Å². The molecule has 0 radical (unpaired) electrons. The van der Waals surface area contributed by atoms with E-state index in [0.717, 1.165) is 0 Å². The van der Waals surface area contributed by atoms with Crippen molar-refractivity contribution in [3.8, 4) is 17.2 Å². The van der Waals surface area contributed by atoms with Crippen LogP contribution < -0.4 is 9.47 Å². The van der Waals surface area contributed by atoms with E-state index in [1.54, 1.807) is 69.4 Å². The third kappa shape index (κ3) is 5.37. The maximum atomic E-state index is 12.3. The first-order valence-corrected chi connectivity index (χ1v) is 8.28. The molecular weight excluding hydrogens is 342 g/mol. The van der Waals surface area contributed by atoms with Crippen molar-refractivity contribution in [2.75, 3.05) is 20.2 Å². The Hall–Kier alpha value is -2.24. The molecule has 0 unspecified atom stereocenters. The molecule has 5 nitrogen and oxygen atoms in total. The van der Waals surface area contributed by atoms with Gasteiger partial charge >= 0.3 is 0 Å². The number of aliphatic hydroxyl groups is 1. The smallest absolute Gasteiger partial charge is 0.265 e. The van der Waals surface area contributed by atoms with Gasteiger partial charge in [0.25, 0.3) is 5.91 Å². The minimum absolute atomic E-state index is 0.0882. The van der Waals surface area contributed by atoms with E-state index in [9.17, 15) is 4.79 Å². The van der Waals surface area contributed by atoms with Crippen molar-refractivity contribution in [1.82, 2.24) is 4.90 Å². The van der Waals surface area contributed by atoms with Crippen LogP contribution in [0.3, 0.4) is 0 Å². The number of carbonyl (C=O) groups is 1. The Kier molecular flexibility index (Phi) is 6.28. The van der Waals surface area contributed by atoms with Crippen LogP contribution in [0, 0.1) is 0 Å². The first kappa shape index (κ1) is 19.1. The Morgan fingerprint density at radius 1 is 1.04 bits per heavy atom. The first-order chi connectivity index (χ1) is 11.8. The number of aliphatic hydroxyl groups excluding tert-OH is 1. The zero-order chi connectivity index (χ0) is 18.4. The van der Waals surface area contributed by atoms with E-state index < -0.39 is 5.60 Å². The molecule has 0 aliphatic heterocycles. The van der Waals surface area contributed by atoms with Gasteiger partial charge in [0.05, 0.1) is 6.61 Å². The zero-order valence-electron chi connectivity index (χ0n) is 14.5. The summed E-state index contributed by atoms with van der Waals surface area (Å²) in [5.74, 6) is 1.68. The number of carbonyl (C=O) groups excluding carboxylic acids is 1. The Balaban J connectivity index is 2.01. The van der Waals surface area contributed by atoms with Crippen LogP contribution >= 0.6 is 11.6 Å². The number of likely N-dealkylation sites (N-methyl/N-ethyl adjacent to an activating group) is 1. The highest BCUT2D eigenvalue weighted by Gasteiger charge is 2.32. The van der Waals surface area contributed by atoms with E-state index in [0.29, 0.717) is 22.3 Å². The number of hydrogen-bond donors (Lipinski definition) is 1. The molecule has 0 saturated heterocycles. The van der Waals surface area contributed by atoms with Crippen LogP contribution in [0.5, 0.6) is 17.2 Å². The van der Waals surface area contributed by atoms with Gasteiger partial charge in [-0.25, -0.2) is 0 Å². The molecule has 0 fully saturated rings. The molecule has 0 bridgehead atoms. The van der Waals surface area contributed by atoms with Crippen molar-refractivity contribution >= 4 is 17.5 Å². The fourth-order valence-electron chi connectivity index (χ4n) is 2.26. The van der Waals surface area contributed by atoms with Gasteiger partial charge in [0.2, 0.25) is 0 Å². The van der Waals surface area contributed by atoms with Gasteiger partial charge in [0.15, 0.2) is 5.60 Å². The number of halogens is 1. The number of benzene rings is 2. The van der Waals surface area contributed by atoms with Crippen molar-refractivity contribution in [2.45, 2.75) is 19.4 Å². The van der Waals surface area contributed by atoms with E-state index in [2.05, 4.69) is 0 Å². The van der Waals surface area contributed by atoms with Crippen LogP contribution in [0.15, 0.2) is 48.5 Å². The van der Waals surface area contributed by atoms with Crippen molar-refractivity contribution in [2.24, 2.45) is 0 Å². The summed E-state index contributed by atoms with van der Waals surface area (Å²) in [4.78, 5) is 13.8. The van der Waals surface area contributed by atoms with Crippen molar-refractivity contribution in [1.29, 1.82) is 0 Å². The standard InChI is InChI=1S/C19H22ClNO4/c1-19(2,18(23)21(3)12-13-22)25-17-10-8-16(9-11-17)24-15-6-4-14(20)5-7-15/h4-11,22H,12-13H2,1-3H3. The van der Waals surface area contributed by atoms with Gasteiger partial charge in [-0.2, -0.15) is 0 Å². The summed E-state index contributed by atoms with van der Waals surface area (Å²) < 4.78 is 11.5. The van der Waals surface area contributed by atoms with Crippen molar-refractivity contribution in [3.63, 3.8) is 0 Å². The summed E-state index contributed by atoms with van der Waals surface area (Å²) in [5, 5.41) is 9.60. The van der Waals surface area contributed by atoms with Crippen LogP contribution in [0.1, 0.15) is 13.8 Å². The summed E-state index contributed by atoms with van der Waals surface area (Å²) >= 11 is 5.85. The summed E-state index contributed by atoms with van der Waals surface area (Å²) in [6.45, 7) is 3.57. The highest BCUT2D eigenvalue weighted by atomic mass is 35.5. The summed E-state index contributed by atoms with van der Waals surface area (Å²) in [6.07, 6.45) is 0. The van der Waals surface area contributed by atoms with Crippen LogP contribution in [0.2, 0.25) is 5.02 Å². The minimum atomic E-state index is -1.04. The molecule has 2 aromatic carbocycles. The van der Waals surface area contributed by atoms with E-state index in [4.69, 9.17) is 26.2 Å². The lowest BCUT2D eigenvalue weighted by Crippen LogP contribution is -2.48. The molecule has 2 rings (SSSR count). The molecule has 1 N–H and O–H groups in total. The third-order valence-electron chi connectivity index (χ3n) is 3.54. The van der Waals surface area contributed by atoms with Gasteiger partial charge in [-0.1, -0.05) is 11.6 Å². The number of rotatable bonds is 7. The molecule has 0 atom stereocenters. The predicted molar refractivity (Wildman–Crippen MR) is 97.4 cm³/mol. The Morgan fingerprint density at radius 2 is 1.52 bits per heavy atom. The lowest BCUT2D eigenvalue weighted by atomic mass is 10.1. The van der Waals surface area contributed by atoms with Gasteiger partial charge in [0, 0.05) is 18.6 Å². The SMILES string of the molecule is CN(CCO)C(=O)C(C)(C)Oc1ccc(Oc2ccc(Cl)cc2)cc1. The third-order valence-corrected chi connectivity index (χ3v) is 3.80. The van der Waals surface area contributed by atoms with Gasteiger partial charge in [-0.3, -0.25) is 4.79 Å². The molecule has 0 aliphatic carbocycles. The number of amides is 1. The molecule has 2 aromatic rings. The van der Waals surface area contributed by atoms with Crippen LogP contribution in [0.25, 0.3) is 0 Å². The number of nitrogens with zero attached hydrogens (tertiary/aromatic N) is 1. The molecule has 0 saturated carbocycles. The van der Waals surface area contributed by atoms with E-state index >= 15 is 0 Å². The highest BCUT2D eigenvalue weighted by Crippen LogP contribution is 2.27. The quantitative estimate of drug-likeness (QED) is 0.814. The number of hydrogen-bond acceptors (Lipinski definition) is 4. The van der Waals surface area contributed by atoms with Crippen LogP contribution in [-0.2, 0) is 4.79 Å². The molecule has 134 valence electrons. The topological polar surface area (TPSA) is 59.0 Å². The fraction of sp³-hybridized carbons (Fsp3) is 0.316. The van der Waals surface area contributed by atoms with Gasteiger partial charge in [-0.05, 0) is 62.4 Å². The normalized spacial score (nSPS) is 11.1. The monoisotopic (exact) mass is 363 g/mol. The second-order valence-corrected chi connectivity index (χ2v) is 6.53. The van der Waals surface area contributed by atoms with Gasteiger partial charge < -0.3 is 19.5 Å². The van der Waals surface area contributed by atoms with Gasteiger partial charge in [0.1, 0.15) is 17.2 Å².